The topological polar surface area (TPSA) is 66.5 Å². The average Bonchev–Trinajstić information content (AvgIpc) is 2.86. The van der Waals surface area contributed by atoms with Gasteiger partial charge < -0.3 is 5.32 Å². The molecule has 0 aromatic heterocycles. The molecule has 9 heteroatoms. The summed E-state index contributed by atoms with van der Waals surface area (Å²) in [4.78, 5) is 38.1. The van der Waals surface area contributed by atoms with Crippen molar-refractivity contribution >= 4 is 84.0 Å². The van der Waals surface area contributed by atoms with Crippen molar-refractivity contribution in [2.24, 2.45) is 0 Å². The summed E-state index contributed by atoms with van der Waals surface area (Å²) in [6.07, 6.45) is 1.63. The largest absolute Gasteiger partial charge is 0.324 e. The number of nitrogens with zero attached hydrogens (tertiary/aromatic N) is 1. The van der Waals surface area contributed by atoms with Gasteiger partial charge in [0.25, 0.3) is 11.1 Å². The smallest absolute Gasteiger partial charge is 0.294 e. The van der Waals surface area contributed by atoms with Gasteiger partial charge in [0.05, 0.1) is 9.93 Å². The van der Waals surface area contributed by atoms with Crippen LogP contribution >= 0.6 is 55.2 Å². The maximum absolute atomic E-state index is 12.5. The fraction of sp³-hybridized carbons (Fsp3) is 0.0556. The molecular formula is C18H11Br2ClN2O3S. The van der Waals surface area contributed by atoms with Crippen molar-refractivity contribution in [2.45, 2.75) is 0 Å². The van der Waals surface area contributed by atoms with Crippen LogP contribution in [-0.2, 0) is 9.59 Å². The van der Waals surface area contributed by atoms with Crippen molar-refractivity contribution in [2.75, 3.05) is 11.9 Å². The van der Waals surface area contributed by atoms with E-state index in [2.05, 4.69) is 37.2 Å². The van der Waals surface area contributed by atoms with Gasteiger partial charge in [0.15, 0.2) is 0 Å². The van der Waals surface area contributed by atoms with Crippen LogP contribution in [0.1, 0.15) is 5.56 Å². The summed E-state index contributed by atoms with van der Waals surface area (Å²) < 4.78 is 1.56. The van der Waals surface area contributed by atoms with Gasteiger partial charge in [-0.05, 0) is 69.7 Å². The number of nitrogens with one attached hydrogen (secondary N) is 1. The lowest BCUT2D eigenvalue weighted by Gasteiger charge is -2.12. The molecule has 0 atom stereocenters. The van der Waals surface area contributed by atoms with E-state index in [4.69, 9.17) is 11.6 Å². The van der Waals surface area contributed by atoms with E-state index in [0.717, 1.165) is 26.7 Å². The minimum Gasteiger partial charge on any atom is -0.324 e. The monoisotopic (exact) mass is 528 g/mol. The highest BCUT2D eigenvalue weighted by molar-refractivity contribution is 9.10. The van der Waals surface area contributed by atoms with Crippen LogP contribution in [0.25, 0.3) is 6.08 Å². The molecule has 1 saturated heterocycles. The standard InChI is InChI=1S/C18H11Br2ClN2O3S/c19-11-3-1-2-10(6-11)7-15-17(25)23(18(26)27-15)9-16(24)22-12-4-5-13(20)14(21)8-12/h1-8H,9H2,(H,22,24)/b15-7+. The third kappa shape index (κ3) is 5.01. The Morgan fingerprint density at radius 3 is 2.67 bits per heavy atom. The maximum atomic E-state index is 12.5. The first-order chi connectivity index (χ1) is 12.8. The van der Waals surface area contributed by atoms with E-state index >= 15 is 0 Å². The summed E-state index contributed by atoms with van der Waals surface area (Å²) in [5, 5.41) is 2.58. The number of amides is 3. The van der Waals surface area contributed by atoms with Crippen LogP contribution in [-0.4, -0.2) is 28.5 Å². The van der Waals surface area contributed by atoms with E-state index in [-0.39, 0.29) is 11.4 Å². The molecular weight excluding hydrogens is 520 g/mol. The number of thioether (sulfide) groups is 1. The van der Waals surface area contributed by atoms with E-state index in [1.807, 2.05) is 24.3 Å². The van der Waals surface area contributed by atoms with Crippen LogP contribution in [0.4, 0.5) is 10.5 Å². The van der Waals surface area contributed by atoms with Crippen LogP contribution in [0.5, 0.6) is 0 Å². The zero-order chi connectivity index (χ0) is 19.6. The highest BCUT2D eigenvalue weighted by Crippen LogP contribution is 2.32. The van der Waals surface area contributed by atoms with Crippen LogP contribution in [0.2, 0.25) is 5.02 Å². The van der Waals surface area contributed by atoms with Crippen LogP contribution in [0.3, 0.4) is 0 Å². The van der Waals surface area contributed by atoms with Crippen LogP contribution < -0.4 is 5.32 Å². The molecule has 27 heavy (non-hydrogen) atoms. The minimum atomic E-state index is -0.492. The quantitative estimate of drug-likeness (QED) is 0.527. The highest BCUT2D eigenvalue weighted by Gasteiger charge is 2.36. The number of carbonyl (C=O) groups excluding carboxylic acids is 3. The van der Waals surface area contributed by atoms with Gasteiger partial charge >= 0.3 is 0 Å². The number of carbonyl (C=O) groups is 3. The van der Waals surface area contributed by atoms with Crippen molar-refractivity contribution in [3.63, 3.8) is 0 Å². The Bertz CT molecular complexity index is 981. The number of halogens is 3. The molecule has 1 N–H and O–H groups in total. The average molecular weight is 531 g/mol. The predicted octanol–water partition coefficient (Wildman–Crippen LogP) is 5.54. The molecule has 3 amide bonds. The summed E-state index contributed by atoms with van der Waals surface area (Å²) >= 11 is 13.4. The zero-order valence-corrected chi connectivity index (χ0v) is 18.3. The number of benzene rings is 2. The number of anilines is 1. The molecule has 0 aliphatic carbocycles. The van der Waals surface area contributed by atoms with Crippen LogP contribution in [0.15, 0.2) is 56.3 Å². The van der Waals surface area contributed by atoms with E-state index in [1.165, 1.54) is 0 Å². The molecule has 138 valence electrons. The third-order valence-corrected chi connectivity index (χ3v) is 6.16. The molecule has 0 saturated carbocycles. The van der Waals surface area contributed by atoms with Crippen molar-refractivity contribution in [3.05, 3.63) is 66.9 Å². The van der Waals surface area contributed by atoms with Gasteiger partial charge in [0.1, 0.15) is 6.54 Å². The number of imide groups is 1. The summed E-state index contributed by atoms with van der Waals surface area (Å²) in [5.41, 5.74) is 1.26. The first-order valence-electron chi connectivity index (χ1n) is 7.59. The Hall–Kier alpha value is -1.61. The molecule has 0 radical (unpaired) electrons. The van der Waals surface area contributed by atoms with E-state index in [1.54, 1.807) is 24.3 Å². The number of rotatable bonds is 4. The normalized spacial score (nSPS) is 15.5. The summed E-state index contributed by atoms with van der Waals surface area (Å²) in [6.45, 7) is -0.367. The van der Waals surface area contributed by atoms with Crippen molar-refractivity contribution in [1.82, 2.24) is 4.90 Å². The van der Waals surface area contributed by atoms with Gasteiger partial charge in [-0.15, -0.1) is 0 Å². The fourth-order valence-corrected chi connectivity index (χ4v) is 3.98. The van der Waals surface area contributed by atoms with Crippen molar-refractivity contribution in [1.29, 1.82) is 0 Å². The predicted molar refractivity (Wildman–Crippen MR) is 115 cm³/mol. The number of hydrogen-bond acceptors (Lipinski definition) is 4. The molecule has 2 aromatic rings. The van der Waals surface area contributed by atoms with E-state index in [9.17, 15) is 14.4 Å². The first kappa shape index (κ1) is 20.1. The highest BCUT2D eigenvalue weighted by atomic mass is 79.9. The SMILES string of the molecule is O=C(CN1C(=O)S/C(=C/c2cccc(Br)c2)C1=O)Nc1ccc(Br)c(Cl)c1. The summed E-state index contributed by atoms with van der Waals surface area (Å²) in [6, 6.07) is 12.3. The first-order valence-corrected chi connectivity index (χ1v) is 10.4. The Morgan fingerprint density at radius 2 is 1.96 bits per heavy atom. The molecule has 2 aromatic carbocycles. The molecule has 1 fully saturated rings. The van der Waals surface area contributed by atoms with Gasteiger partial charge in [-0.2, -0.15) is 0 Å². The minimum absolute atomic E-state index is 0.276. The third-order valence-electron chi connectivity index (χ3n) is 3.53. The number of hydrogen-bond donors (Lipinski definition) is 1. The zero-order valence-electron chi connectivity index (χ0n) is 13.5. The van der Waals surface area contributed by atoms with E-state index < -0.39 is 17.1 Å². The Balaban J connectivity index is 1.69. The second-order valence-corrected chi connectivity index (χ2v) is 8.67. The lowest BCUT2D eigenvalue weighted by molar-refractivity contribution is -0.127. The van der Waals surface area contributed by atoms with Gasteiger partial charge in [-0.1, -0.05) is 39.7 Å². The molecule has 1 aliphatic rings. The molecule has 1 aliphatic heterocycles. The van der Waals surface area contributed by atoms with Gasteiger partial charge in [0.2, 0.25) is 5.91 Å². The Morgan fingerprint density at radius 1 is 1.19 bits per heavy atom. The Labute approximate surface area is 181 Å². The van der Waals surface area contributed by atoms with Gasteiger partial charge in [-0.25, -0.2) is 0 Å². The van der Waals surface area contributed by atoms with Gasteiger partial charge in [0, 0.05) is 14.6 Å². The van der Waals surface area contributed by atoms with Crippen molar-refractivity contribution in [3.8, 4) is 0 Å². The maximum Gasteiger partial charge on any atom is 0.294 e. The molecule has 1 heterocycles. The van der Waals surface area contributed by atoms with E-state index in [0.29, 0.717) is 15.2 Å². The van der Waals surface area contributed by atoms with Gasteiger partial charge in [-0.3, -0.25) is 19.3 Å². The lowest BCUT2D eigenvalue weighted by atomic mass is 10.2. The van der Waals surface area contributed by atoms with Crippen molar-refractivity contribution < 1.29 is 14.4 Å². The lowest BCUT2D eigenvalue weighted by Crippen LogP contribution is -2.36. The fourth-order valence-electron chi connectivity index (χ4n) is 2.30. The molecule has 5 nitrogen and oxygen atoms in total. The Kier molecular flexibility index (Phi) is 6.41. The molecule has 0 bridgehead atoms. The van der Waals surface area contributed by atoms with Crippen LogP contribution in [0, 0.1) is 0 Å². The second-order valence-electron chi connectivity index (χ2n) is 5.50. The molecule has 0 unspecified atom stereocenters. The molecule has 3 rings (SSSR count). The summed E-state index contributed by atoms with van der Waals surface area (Å²) in [5.74, 6) is -0.978. The second kappa shape index (κ2) is 8.60. The molecule has 0 spiro atoms. The summed E-state index contributed by atoms with van der Waals surface area (Å²) in [7, 11) is 0.